The molecule has 0 spiro atoms. The van der Waals surface area contributed by atoms with E-state index in [0.717, 1.165) is 12.5 Å². The maximum absolute atomic E-state index is 3.75. The SMILES string of the molecule is CCC(CC)(CNC(C)(C)C)CN1CCCC(C)CC1. The molecular formula is C18H38N2. The van der Waals surface area contributed by atoms with Crippen molar-refractivity contribution in [3.63, 3.8) is 0 Å². The van der Waals surface area contributed by atoms with E-state index in [0.29, 0.717) is 5.41 Å². The van der Waals surface area contributed by atoms with E-state index in [1.54, 1.807) is 0 Å². The van der Waals surface area contributed by atoms with Crippen molar-refractivity contribution in [3.8, 4) is 0 Å². The first-order valence-corrected chi connectivity index (χ1v) is 8.77. The van der Waals surface area contributed by atoms with Gasteiger partial charge in [-0.3, -0.25) is 0 Å². The Morgan fingerprint density at radius 3 is 2.25 bits per heavy atom. The zero-order chi connectivity index (χ0) is 15.2. The van der Waals surface area contributed by atoms with E-state index >= 15 is 0 Å². The summed E-state index contributed by atoms with van der Waals surface area (Å²) in [5.41, 5.74) is 0.670. The highest BCUT2D eigenvalue weighted by Crippen LogP contribution is 2.29. The van der Waals surface area contributed by atoms with Crippen molar-refractivity contribution >= 4 is 0 Å². The zero-order valence-electron chi connectivity index (χ0n) is 14.9. The standard InChI is InChI=1S/C18H38N2/c1-7-18(8-2,14-19-17(4,5)6)15-20-12-9-10-16(3)11-13-20/h16,19H,7-15H2,1-6H3. The van der Waals surface area contributed by atoms with Gasteiger partial charge in [0.15, 0.2) is 0 Å². The smallest absolute Gasteiger partial charge is 0.00967 e. The van der Waals surface area contributed by atoms with E-state index in [2.05, 4.69) is 51.8 Å². The summed E-state index contributed by atoms with van der Waals surface area (Å²) in [5.74, 6) is 0.922. The molecule has 0 aromatic rings. The fourth-order valence-electron chi connectivity index (χ4n) is 3.19. The molecular weight excluding hydrogens is 244 g/mol. The largest absolute Gasteiger partial charge is 0.311 e. The summed E-state index contributed by atoms with van der Waals surface area (Å²) in [6, 6.07) is 0. The van der Waals surface area contributed by atoms with Gasteiger partial charge in [0.1, 0.15) is 0 Å². The number of nitrogens with zero attached hydrogens (tertiary/aromatic N) is 1. The van der Waals surface area contributed by atoms with Crippen LogP contribution in [0.1, 0.15) is 73.6 Å². The summed E-state index contributed by atoms with van der Waals surface area (Å²) in [7, 11) is 0. The third kappa shape index (κ3) is 6.13. The molecule has 0 aliphatic carbocycles. The van der Waals surface area contributed by atoms with Crippen LogP contribution in [0.5, 0.6) is 0 Å². The van der Waals surface area contributed by atoms with Crippen LogP contribution in [0, 0.1) is 11.3 Å². The van der Waals surface area contributed by atoms with Gasteiger partial charge < -0.3 is 10.2 Å². The number of nitrogens with one attached hydrogen (secondary N) is 1. The number of likely N-dealkylation sites (tertiary alicyclic amines) is 1. The molecule has 1 N–H and O–H groups in total. The van der Waals surface area contributed by atoms with Gasteiger partial charge in [0.25, 0.3) is 0 Å². The Balaban J connectivity index is 2.60. The van der Waals surface area contributed by atoms with E-state index in [-0.39, 0.29) is 5.54 Å². The van der Waals surface area contributed by atoms with Crippen LogP contribution in [-0.4, -0.2) is 36.6 Å². The lowest BCUT2D eigenvalue weighted by molar-refractivity contribution is 0.128. The molecule has 1 saturated heterocycles. The average Bonchev–Trinajstić information content (AvgIpc) is 2.59. The van der Waals surface area contributed by atoms with Crippen molar-refractivity contribution in [3.05, 3.63) is 0 Å². The summed E-state index contributed by atoms with van der Waals surface area (Å²) >= 11 is 0. The number of hydrogen-bond donors (Lipinski definition) is 1. The predicted octanol–water partition coefficient (Wildman–Crippen LogP) is 4.30. The molecule has 1 fully saturated rings. The van der Waals surface area contributed by atoms with Crippen LogP contribution in [-0.2, 0) is 0 Å². The first-order chi connectivity index (χ1) is 9.30. The van der Waals surface area contributed by atoms with Crippen molar-refractivity contribution < 1.29 is 0 Å². The van der Waals surface area contributed by atoms with Gasteiger partial charge in [-0.1, -0.05) is 20.8 Å². The van der Waals surface area contributed by atoms with E-state index in [1.807, 2.05) is 0 Å². The summed E-state index contributed by atoms with van der Waals surface area (Å²) < 4.78 is 0. The normalized spacial score (nSPS) is 22.8. The first kappa shape index (κ1) is 18.0. The lowest BCUT2D eigenvalue weighted by atomic mass is 9.81. The third-order valence-corrected chi connectivity index (χ3v) is 5.16. The van der Waals surface area contributed by atoms with Crippen LogP contribution >= 0.6 is 0 Å². The van der Waals surface area contributed by atoms with Gasteiger partial charge in [-0.25, -0.2) is 0 Å². The van der Waals surface area contributed by atoms with Crippen molar-refractivity contribution in [1.82, 2.24) is 10.2 Å². The topological polar surface area (TPSA) is 15.3 Å². The average molecular weight is 283 g/mol. The van der Waals surface area contributed by atoms with Gasteiger partial charge in [-0.15, -0.1) is 0 Å². The van der Waals surface area contributed by atoms with Gasteiger partial charge in [-0.05, 0) is 77.3 Å². The fourth-order valence-corrected chi connectivity index (χ4v) is 3.19. The minimum Gasteiger partial charge on any atom is -0.311 e. The van der Waals surface area contributed by atoms with Gasteiger partial charge in [0, 0.05) is 18.6 Å². The van der Waals surface area contributed by atoms with Gasteiger partial charge in [0.05, 0.1) is 0 Å². The molecule has 1 atom stereocenters. The Morgan fingerprint density at radius 2 is 1.70 bits per heavy atom. The molecule has 1 heterocycles. The Morgan fingerprint density at radius 1 is 1.05 bits per heavy atom. The minimum atomic E-state index is 0.225. The summed E-state index contributed by atoms with van der Waals surface area (Å²) in [4.78, 5) is 2.74. The Hall–Kier alpha value is -0.0800. The van der Waals surface area contributed by atoms with Crippen LogP contribution in [0.2, 0.25) is 0 Å². The molecule has 20 heavy (non-hydrogen) atoms. The first-order valence-electron chi connectivity index (χ1n) is 8.77. The predicted molar refractivity (Wildman–Crippen MR) is 90.2 cm³/mol. The highest BCUT2D eigenvalue weighted by molar-refractivity contribution is 4.86. The molecule has 0 amide bonds. The lowest BCUT2D eigenvalue weighted by Crippen LogP contribution is -2.48. The molecule has 2 nitrogen and oxygen atoms in total. The monoisotopic (exact) mass is 282 g/mol. The van der Waals surface area contributed by atoms with Crippen molar-refractivity contribution in [2.45, 2.75) is 79.2 Å². The Kier molecular flexibility index (Phi) is 7.00. The highest BCUT2D eigenvalue weighted by Gasteiger charge is 2.30. The van der Waals surface area contributed by atoms with Crippen LogP contribution in [0.25, 0.3) is 0 Å². The molecule has 0 saturated carbocycles. The van der Waals surface area contributed by atoms with E-state index < -0.39 is 0 Å². The van der Waals surface area contributed by atoms with Crippen molar-refractivity contribution in [2.75, 3.05) is 26.2 Å². The second kappa shape index (κ2) is 7.79. The van der Waals surface area contributed by atoms with Crippen molar-refractivity contribution in [2.24, 2.45) is 11.3 Å². The summed E-state index contributed by atoms with van der Waals surface area (Å²) in [5, 5.41) is 3.75. The molecule has 0 aromatic heterocycles. The number of hydrogen-bond acceptors (Lipinski definition) is 2. The van der Waals surface area contributed by atoms with Crippen LogP contribution in [0.15, 0.2) is 0 Å². The molecule has 1 unspecified atom stereocenters. The van der Waals surface area contributed by atoms with Gasteiger partial charge in [-0.2, -0.15) is 0 Å². The quantitative estimate of drug-likeness (QED) is 0.781. The van der Waals surface area contributed by atoms with E-state index in [9.17, 15) is 0 Å². The lowest BCUT2D eigenvalue weighted by Gasteiger charge is -2.39. The molecule has 0 aromatic carbocycles. The molecule has 0 radical (unpaired) electrons. The highest BCUT2D eigenvalue weighted by atomic mass is 15.1. The molecule has 2 heteroatoms. The number of rotatable bonds is 6. The van der Waals surface area contributed by atoms with Gasteiger partial charge in [0.2, 0.25) is 0 Å². The second-order valence-electron chi connectivity index (χ2n) is 8.12. The van der Waals surface area contributed by atoms with E-state index in [1.165, 1.54) is 51.7 Å². The summed E-state index contributed by atoms with van der Waals surface area (Å²) in [6.45, 7) is 19.0. The molecule has 1 rings (SSSR count). The molecule has 120 valence electrons. The Labute approximate surface area is 127 Å². The molecule has 1 aliphatic rings. The maximum Gasteiger partial charge on any atom is 0.00967 e. The van der Waals surface area contributed by atoms with Crippen LogP contribution in [0.4, 0.5) is 0 Å². The fraction of sp³-hybridized carbons (Fsp3) is 1.00. The van der Waals surface area contributed by atoms with Crippen LogP contribution < -0.4 is 5.32 Å². The van der Waals surface area contributed by atoms with Crippen molar-refractivity contribution in [1.29, 1.82) is 0 Å². The maximum atomic E-state index is 3.75. The summed E-state index contributed by atoms with van der Waals surface area (Å²) in [6.07, 6.45) is 6.74. The second-order valence-corrected chi connectivity index (χ2v) is 8.12. The molecule has 1 aliphatic heterocycles. The zero-order valence-corrected chi connectivity index (χ0v) is 14.9. The molecule has 0 bridgehead atoms. The minimum absolute atomic E-state index is 0.225. The van der Waals surface area contributed by atoms with Crippen LogP contribution in [0.3, 0.4) is 0 Å². The Bertz CT molecular complexity index is 263. The van der Waals surface area contributed by atoms with E-state index in [4.69, 9.17) is 0 Å². The third-order valence-electron chi connectivity index (χ3n) is 5.16. The van der Waals surface area contributed by atoms with Gasteiger partial charge >= 0.3 is 0 Å².